The summed E-state index contributed by atoms with van der Waals surface area (Å²) in [5.74, 6) is 0. The van der Waals surface area contributed by atoms with E-state index >= 15 is 0 Å². The summed E-state index contributed by atoms with van der Waals surface area (Å²) in [6.45, 7) is 0. The summed E-state index contributed by atoms with van der Waals surface area (Å²) in [5, 5.41) is 3.42. The first-order valence-corrected chi connectivity index (χ1v) is 3.74. The lowest BCUT2D eigenvalue weighted by atomic mass is 10.2. The van der Waals surface area contributed by atoms with Crippen LogP contribution >= 0.6 is 11.6 Å². The van der Waals surface area contributed by atoms with Crippen molar-refractivity contribution in [3.05, 3.63) is 0 Å². The van der Waals surface area contributed by atoms with Crippen LogP contribution in [0.25, 0.3) is 0 Å². The first kappa shape index (κ1) is 7.32. The van der Waals surface area contributed by atoms with Gasteiger partial charge in [0.1, 0.15) is 0 Å². The van der Waals surface area contributed by atoms with Crippen molar-refractivity contribution < 1.29 is 0 Å². The van der Waals surface area contributed by atoms with E-state index in [-0.39, 0.29) is 11.4 Å². The summed E-state index contributed by atoms with van der Waals surface area (Å²) in [7, 11) is 1.93. The summed E-state index contributed by atoms with van der Waals surface area (Å²) in [6.07, 6.45) is 1.96. The van der Waals surface area contributed by atoms with E-state index in [2.05, 4.69) is 5.32 Å². The first-order valence-electron chi connectivity index (χ1n) is 3.31. The zero-order chi connectivity index (χ0) is 6.85. The van der Waals surface area contributed by atoms with Crippen LogP contribution in [0.2, 0.25) is 0 Å². The van der Waals surface area contributed by atoms with Crippen LogP contribution in [0.5, 0.6) is 0 Å². The zero-order valence-electron chi connectivity index (χ0n) is 5.60. The number of hydrogen-bond donors (Lipinski definition) is 2. The van der Waals surface area contributed by atoms with Crippen molar-refractivity contribution in [1.82, 2.24) is 5.32 Å². The van der Waals surface area contributed by atoms with Crippen molar-refractivity contribution in [2.45, 2.75) is 30.3 Å². The van der Waals surface area contributed by atoms with E-state index in [9.17, 15) is 0 Å². The van der Waals surface area contributed by atoms with Gasteiger partial charge in [-0.15, -0.1) is 11.6 Å². The van der Waals surface area contributed by atoms with Crippen molar-refractivity contribution in [2.24, 2.45) is 5.73 Å². The fourth-order valence-electron chi connectivity index (χ4n) is 1.34. The van der Waals surface area contributed by atoms with Gasteiger partial charge < -0.3 is 11.1 Å². The number of nitrogens with one attached hydrogen (secondary N) is 1. The fraction of sp³-hybridized carbons (Fsp3) is 1.00. The lowest BCUT2D eigenvalue weighted by Crippen LogP contribution is -2.38. The van der Waals surface area contributed by atoms with Gasteiger partial charge in [0.25, 0.3) is 0 Å². The molecule has 0 amide bonds. The minimum atomic E-state index is 0.262. The minimum absolute atomic E-state index is 0.262. The summed E-state index contributed by atoms with van der Waals surface area (Å²) in [6, 6.07) is 0.699. The first-order chi connectivity index (χ1) is 4.24. The van der Waals surface area contributed by atoms with E-state index in [0.29, 0.717) is 6.04 Å². The van der Waals surface area contributed by atoms with E-state index in [0.717, 1.165) is 12.8 Å². The Bertz CT molecular complexity index is 97.1. The van der Waals surface area contributed by atoms with E-state index < -0.39 is 0 Å². The molecule has 0 aromatic rings. The number of rotatable bonds is 1. The van der Waals surface area contributed by atoms with Crippen molar-refractivity contribution in [1.29, 1.82) is 0 Å². The molecule has 54 valence electrons. The predicted molar refractivity (Wildman–Crippen MR) is 39.7 cm³/mol. The summed E-state index contributed by atoms with van der Waals surface area (Å²) < 4.78 is 0. The molecule has 0 aliphatic heterocycles. The molecule has 1 saturated carbocycles. The molecule has 3 N–H and O–H groups in total. The Balaban J connectivity index is 2.38. The molecule has 0 aromatic carbocycles. The Morgan fingerprint density at radius 3 is 2.44 bits per heavy atom. The van der Waals surface area contributed by atoms with Crippen molar-refractivity contribution in [3.63, 3.8) is 0 Å². The second kappa shape index (κ2) is 2.86. The molecule has 9 heavy (non-hydrogen) atoms. The van der Waals surface area contributed by atoms with Crippen LogP contribution in [-0.2, 0) is 0 Å². The molecule has 3 unspecified atom stereocenters. The molecule has 3 atom stereocenters. The maximum absolute atomic E-state index is 5.86. The Hall–Kier alpha value is 0.210. The van der Waals surface area contributed by atoms with Crippen molar-refractivity contribution in [2.75, 3.05) is 7.05 Å². The number of halogens is 1. The lowest BCUT2D eigenvalue weighted by molar-refractivity contribution is 0.518. The molecular weight excluding hydrogens is 136 g/mol. The molecular formula is C6H13ClN2. The number of nitrogens with two attached hydrogens (primary N) is 1. The molecule has 1 rings (SSSR count). The average molecular weight is 149 g/mol. The fourth-order valence-corrected chi connectivity index (χ4v) is 1.74. The highest BCUT2D eigenvalue weighted by Crippen LogP contribution is 2.22. The van der Waals surface area contributed by atoms with Gasteiger partial charge in [-0.3, -0.25) is 0 Å². The second-order valence-electron chi connectivity index (χ2n) is 2.63. The SMILES string of the molecule is CNC1CC(Cl)CC1N. The number of likely N-dealkylation sites (N-methyl/N-ethyl adjacent to an activating group) is 1. The number of hydrogen-bond acceptors (Lipinski definition) is 2. The lowest BCUT2D eigenvalue weighted by Gasteiger charge is -2.12. The Labute approximate surface area is 60.8 Å². The third kappa shape index (κ3) is 1.57. The van der Waals surface area contributed by atoms with Gasteiger partial charge in [0.15, 0.2) is 0 Å². The standard InChI is InChI=1S/C6H13ClN2/c1-9-6-3-4(7)2-5(6)8/h4-6,9H,2-3,8H2,1H3. The molecule has 2 nitrogen and oxygen atoms in total. The highest BCUT2D eigenvalue weighted by atomic mass is 35.5. The van der Waals surface area contributed by atoms with Gasteiger partial charge in [-0.05, 0) is 19.9 Å². The van der Waals surface area contributed by atoms with E-state index in [4.69, 9.17) is 17.3 Å². The van der Waals surface area contributed by atoms with E-state index in [1.54, 1.807) is 0 Å². The second-order valence-corrected chi connectivity index (χ2v) is 3.24. The van der Waals surface area contributed by atoms with Crippen LogP contribution < -0.4 is 11.1 Å². The normalized spacial score (nSPS) is 43.7. The molecule has 1 aliphatic rings. The molecule has 0 saturated heterocycles. The Morgan fingerprint density at radius 1 is 1.56 bits per heavy atom. The molecule has 0 heterocycles. The highest BCUT2D eigenvalue weighted by Gasteiger charge is 2.28. The summed E-state index contributed by atoms with van der Waals surface area (Å²) in [5.41, 5.74) is 5.73. The Morgan fingerprint density at radius 2 is 2.22 bits per heavy atom. The van der Waals surface area contributed by atoms with Gasteiger partial charge in [-0.25, -0.2) is 0 Å². The number of alkyl halides is 1. The third-order valence-electron chi connectivity index (χ3n) is 1.93. The topological polar surface area (TPSA) is 38.0 Å². The van der Waals surface area contributed by atoms with Gasteiger partial charge in [-0.1, -0.05) is 0 Å². The molecule has 0 radical (unpaired) electrons. The van der Waals surface area contributed by atoms with Crippen LogP contribution in [0.1, 0.15) is 12.8 Å². The molecule has 3 heteroatoms. The van der Waals surface area contributed by atoms with Gasteiger partial charge in [0, 0.05) is 17.5 Å². The maximum atomic E-state index is 5.86. The maximum Gasteiger partial charge on any atom is 0.0366 e. The summed E-state index contributed by atoms with van der Waals surface area (Å²) >= 11 is 5.86. The van der Waals surface area contributed by atoms with Crippen LogP contribution in [0, 0.1) is 0 Å². The van der Waals surface area contributed by atoms with E-state index in [1.165, 1.54) is 0 Å². The minimum Gasteiger partial charge on any atom is -0.326 e. The monoisotopic (exact) mass is 148 g/mol. The van der Waals surface area contributed by atoms with Crippen LogP contribution in [-0.4, -0.2) is 24.5 Å². The molecule has 0 bridgehead atoms. The van der Waals surface area contributed by atoms with Gasteiger partial charge in [0.05, 0.1) is 0 Å². The largest absolute Gasteiger partial charge is 0.326 e. The average Bonchev–Trinajstić information content (AvgIpc) is 2.10. The molecule has 0 aromatic heterocycles. The van der Waals surface area contributed by atoms with Gasteiger partial charge >= 0.3 is 0 Å². The molecule has 1 aliphatic carbocycles. The van der Waals surface area contributed by atoms with Gasteiger partial charge in [-0.2, -0.15) is 0 Å². The van der Waals surface area contributed by atoms with Crippen LogP contribution in [0.15, 0.2) is 0 Å². The molecule has 0 spiro atoms. The Kier molecular flexibility index (Phi) is 2.33. The smallest absolute Gasteiger partial charge is 0.0366 e. The van der Waals surface area contributed by atoms with Gasteiger partial charge in [0.2, 0.25) is 0 Å². The zero-order valence-corrected chi connectivity index (χ0v) is 6.36. The predicted octanol–water partition coefficient (Wildman–Crippen LogP) is 0.303. The highest BCUT2D eigenvalue weighted by molar-refractivity contribution is 6.20. The van der Waals surface area contributed by atoms with Crippen LogP contribution in [0.4, 0.5) is 0 Å². The van der Waals surface area contributed by atoms with Crippen molar-refractivity contribution >= 4 is 11.6 Å². The van der Waals surface area contributed by atoms with Crippen molar-refractivity contribution in [3.8, 4) is 0 Å². The summed E-state index contributed by atoms with van der Waals surface area (Å²) in [4.78, 5) is 0. The molecule has 1 fully saturated rings. The van der Waals surface area contributed by atoms with Crippen LogP contribution in [0.3, 0.4) is 0 Å². The third-order valence-corrected chi connectivity index (χ3v) is 2.28. The quantitative estimate of drug-likeness (QED) is 0.525. The van der Waals surface area contributed by atoms with E-state index in [1.807, 2.05) is 7.05 Å².